The lowest BCUT2D eigenvalue weighted by molar-refractivity contribution is 0.348. The van der Waals surface area contributed by atoms with E-state index < -0.39 is 0 Å². The Kier molecular flexibility index (Phi) is 7.06. The molecule has 0 radical (unpaired) electrons. The Morgan fingerprint density at radius 3 is 2.10 bits per heavy atom. The number of aryl methyl sites for hydroxylation is 1. The van der Waals surface area contributed by atoms with Gasteiger partial charge in [-0.2, -0.15) is 0 Å². The molecule has 0 aliphatic heterocycles. The highest BCUT2D eigenvalue weighted by Gasteiger charge is 2.19. The lowest BCUT2D eigenvalue weighted by Crippen LogP contribution is -2.10. The third-order valence-corrected chi connectivity index (χ3v) is 4.06. The molecule has 0 unspecified atom stereocenters. The minimum atomic E-state index is 0.787. The molecule has 0 saturated heterocycles. The zero-order valence-corrected chi connectivity index (χ0v) is 13.0. The van der Waals surface area contributed by atoms with Crippen LogP contribution in [0.5, 0.6) is 0 Å². The van der Waals surface area contributed by atoms with Gasteiger partial charge in [-0.3, -0.25) is 0 Å². The molecule has 1 fully saturated rings. The average Bonchev–Trinajstić information content (AvgIpc) is 2.49. The van der Waals surface area contributed by atoms with Crippen molar-refractivity contribution in [3.63, 3.8) is 0 Å². The minimum absolute atomic E-state index is 0.787. The van der Waals surface area contributed by atoms with Crippen LogP contribution < -0.4 is 5.73 Å². The summed E-state index contributed by atoms with van der Waals surface area (Å²) in [6.45, 7) is 6.31. The summed E-state index contributed by atoms with van der Waals surface area (Å²) in [4.78, 5) is 0. The van der Waals surface area contributed by atoms with Crippen molar-refractivity contribution in [1.29, 1.82) is 5.41 Å². The van der Waals surface area contributed by atoms with Crippen LogP contribution in [-0.4, -0.2) is 6.21 Å². The molecule has 0 spiro atoms. The zero-order valence-electron chi connectivity index (χ0n) is 13.0. The van der Waals surface area contributed by atoms with Crippen LogP contribution in [0, 0.1) is 18.3 Å². The van der Waals surface area contributed by atoms with Gasteiger partial charge in [0.25, 0.3) is 0 Å². The molecule has 0 bridgehead atoms. The van der Waals surface area contributed by atoms with Gasteiger partial charge in [0.1, 0.15) is 0 Å². The summed E-state index contributed by atoms with van der Waals surface area (Å²) in [6.07, 6.45) is 8.22. The normalized spacial score (nSPS) is 22.6. The van der Waals surface area contributed by atoms with Crippen LogP contribution in [0.3, 0.4) is 0 Å². The van der Waals surface area contributed by atoms with Gasteiger partial charge in [0.2, 0.25) is 0 Å². The van der Waals surface area contributed by atoms with E-state index in [1.165, 1.54) is 43.7 Å². The maximum Gasteiger partial charge on any atom is 0.0221 e. The average molecular weight is 272 g/mol. The van der Waals surface area contributed by atoms with Gasteiger partial charge in [-0.15, -0.1) is 0 Å². The van der Waals surface area contributed by atoms with Crippen molar-refractivity contribution >= 4 is 6.21 Å². The topological polar surface area (TPSA) is 49.9 Å². The summed E-state index contributed by atoms with van der Waals surface area (Å²) in [7, 11) is 0. The maximum atomic E-state index is 6.54. The molecule has 1 aliphatic carbocycles. The Balaban J connectivity index is 0.000000286. The molecular formula is C18H28N2. The number of hydrogen-bond acceptors (Lipinski definition) is 2. The Morgan fingerprint density at radius 2 is 1.70 bits per heavy atom. The summed E-state index contributed by atoms with van der Waals surface area (Å²) in [5, 5.41) is 6.54. The first kappa shape index (κ1) is 16.5. The predicted octanol–water partition coefficient (Wildman–Crippen LogP) is 4.79. The molecule has 3 N–H and O–H groups in total. The maximum absolute atomic E-state index is 6.54. The van der Waals surface area contributed by atoms with Crippen LogP contribution >= 0.6 is 0 Å². The number of rotatable bonds is 2. The third-order valence-electron chi connectivity index (χ3n) is 4.06. The third kappa shape index (κ3) is 5.60. The van der Waals surface area contributed by atoms with Crippen LogP contribution in [0.1, 0.15) is 56.6 Å². The van der Waals surface area contributed by atoms with Crippen molar-refractivity contribution in [2.24, 2.45) is 11.7 Å². The molecule has 1 aromatic rings. The van der Waals surface area contributed by atoms with Crippen molar-refractivity contribution < 1.29 is 0 Å². The highest BCUT2D eigenvalue weighted by molar-refractivity contribution is 5.74. The second kappa shape index (κ2) is 8.57. The number of hydrogen-bond donors (Lipinski definition) is 2. The fourth-order valence-electron chi connectivity index (χ4n) is 2.48. The first-order chi connectivity index (χ1) is 9.56. The van der Waals surface area contributed by atoms with Gasteiger partial charge in [0, 0.05) is 6.21 Å². The van der Waals surface area contributed by atoms with Gasteiger partial charge in [-0.05, 0) is 55.9 Å². The fourth-order valence-corrected chi connectivity index (χ4v) is 2.48. The SMILES string of the molecule is C/C(C=N)=C/N.Cc1ccc(C2CCC(C)CC2)cc1. The predicted molar refractivity (Wildman–Crippen MR) is 88.3 cm³/mol. The van der Waals surface area contributed by atoms with E-state index in [9.17, 15) is 0 Å². The molecule has 20 heavy (non-hydrogen) atoms. The summed E-state index contributed by atoms with van der Waals surface area (Å²) in [6, 6.07) is 9.12. The molecule has 0 atom stereocenters. The van der Waals surface area contributed by atoms with Gasteiger partial charge in [-0.25, -0.2) is 0 Å². The fraction of sp³-hybridized carbons (Fsp3) is 0.500. The molecule has 1 saturated carbocycles. The Morgan fingerprint density at radius 1 is 1.15 bits per heavy atom. The molecular weight excluding hydrogens is 244 g/mol. The van der Waals surface area contributed by atoms with Crippen LogP contribution in [0.25, 0.3) is 0 Å². The van der Waals surface area contributed by atoms with E-state index in [-0.39, 0.29) is 0 Å². The molecule has 0 aromatic heterocycles. The number of nitrogens with two attached hydrogens (primary N) is 1. The Hall–Kier alpha value is -1.57. The van der Waals surface area contributed by atoms with Crippen molar-refractivity contribution in [3.8, 4) is 0 Å². The molecule has 2 nitrogen and oxygen atoms in total. The molecule has 2 heteroatoms. The van der Waals surface area contributed by atoms with E-state index in [0.717, 1.165) is 17.4 Å². The largest absolute Gasteiger partial charge is 0.404 e. The van der Waals surface area contributed by atoms with E-state index in [0.29, 0.717) is 0 Å². The van der Waals surface area contributed by atoms with Crippen molar-refractivity contribution in [2.75, 3.05) is 0 Å². The van der Waals surface area contributed by atoms with E-state index >= 15 is 0 Å². The van der Waals surface area contributed by atoms with Crippen LogP contribution in [-0.2, 0) is 0 Å². The molecule has 2 rings (SSSR count). The minimum Gasteiger partial charge on any atom is -0.404 e. The second-order valence-corrected chi connectivity index (χ2v) is 5.92. The summed E-state index contributed by atoms with van der Waals surface area (Å²) < 4.78 is 0. The lowest BCUT2D eigenvalue weighted by Gasteiger charge is -2.26. The van der Waals surface area contributed by atoms with E-state index in [2.05, 4.69) is 38.1 Å². The van der Waals surface area contributed by atoms with Crippen LogP contribution in [0.15, 0.2) is 36.0 Å². The molecule has 1 aliphatic rings. The van der Waals surface area contributed by atoms with Crippen LogP contribution in [0.2, 0.25) is 0 Å². The Labute approximate surface area is 123 Å². The molecule has 1 aromatic carbocycles. The lowest BCUT2D eigenvalue weighted by atomic mass is 9.79. The Bertz CT molecular complexity index is 423. The first-order valence-electron chi connectivity index (χ1n) is 7.52. The molecule has 0 heterocycles. The summed E-state index contributed by atoms with van der Waals surface area (Å²) in [5.41, 5.74) is 8.69. The smallest absolute Gasteiger partial charge is 0.0221 e. The van der Waals surface area contributed by atoms with E-state index in [1.54, 1.807) is 12.5 Å². The van der Waals surface area contributed by atoms with Crippen molar-refractivity contribution in [1.82, 2.24) is 0 Å². The van der Waals surface area contributed by atoms with Gasteiger partial charge in [-0.1, -0.05) is 49.6 Å². The standard InChI is InChI=1S/C14H20.C4H8N2/c1-11-3-7-13(8-4-11)14-9-5-12(2)6-10-14;1-4(2-5)3-6/h3-4,7-8,12,14H,5-6,9-10H2,1-2H3;2-3,5H,6H2,1H3/b;4-3-,5-2?. The van der Waals surface area contributed by atoms with Gasteiger partial charge >= 0.3 is 0 Å². The van der Waals surface area contributed by atoms with E-state index in [1.807, 2.05) is 0 Å². The molecule has 0 amide bonds. The number of benzene rings is 1. The van der Waals surface area contributed by atoms with Crippen molar-refractivity contribution in [2.45, 2.75) is 52.4 Å². The summed E-state index contributed by atoms with van der Waals surface area (Å²) >= 11 is 0. The zero-order chi connectivity index (χ0) is 15.0. The summed E-state index contributed by atoms with van der Waals surface area (Å²) in [5.74, 6) is 1.79. The highest BCUT2D eigenvalue weighted by Crippen LogP contribution is 2.35. The first-order valence-corrected chi connectivity index (χ1v) is 7.52. The van der Waals surface area contributed by atoms with E-state index in [4.69, 9.17) is 11.1 Å². The monoisotopic (exact) mass is 272 g/mol. The van der Waals surface area contributed by atoms with Gasteiger partial charge in [0.05, 0.1) is 0 Å². The number of nitrogens with one attached hydrogen (secondary N) is 1. The number of allylic oxidation sites excluding steroid dienone is 1. The van der Waals surface area contributed by atoms with Gasteiger partial charge in [0.15, 0.2) is 0 Å². The quantitative estimate of drug-likeness (QED) is 0.747. The highest BCUT2D eigenvalue weighted by atomic mass is 14.5. The molecule has 110 valence electrons. The second-order valence-electron chi connectivity index (χ2n) is 5.92. The van der Waals surface area contributed by atoms with Crippen LogP contribution in [0.4, 0.5) is 0 Å². The van der Waals surface area contributed by atoms with Gasteiger partial charge < -0.3 is 11.1 Å². The van der Waals surface area contributed by atoms with Crippen molar-refractivity contribution in [3.05, 3.63) is 47.2 Å².